The summed E-state index contributed by atoms with van der Waals surface area (Å²) in [4.78, 5) is 13.4. The Hall–Kier alpha value is -1.02. The van der Waals surface area contributed by atoms with Gasteiger partial charge in [-0.15, -0.1) is 13.2 Å². The Morgan fingerprint density at radius 2 is 2.13 bits per heavy atom. The third-order valence-electron chi connectivity index (χ3n) is 1.43. The highest BCUT2D eigenvalue weighted by Gasteiger charge is 2.32. The Morgan fingerprint density at radius 3 is 2.60 bits per heavy atom. The van der Waals surface area contributed by atoms with Gasteiger partial charge in [-0.05, 0) is 15.9 Å². The second-order valence-corrected chi connectivity index (χ2v) is 3.35. The molecule has 0 aromatic carbocycles. The number of rotatable bonds is 2. The molecule has 0 radical (unpaired) electrons. The molecule has 0 unspecified atom stereocenters. The fraction of sp³-hybridized carbons (Fsp3) is 0.286. The monoisotopic (exact) mass is 286 g/mol. The fourth-order valence-electron chi connectivity index (χ4n) is 0.866. The van der Waals surface area contributed by atoms with E-state index in [1.165, 1.54) is 0 Å². The standard InChI is InChI=1S/C7H6BrF3N2O2/c8-5-4(14)1-3(2-12)13-6(5)15-7(9,10)11/h1H,2,12H2,(H,13,14). The summed E-state index contributed by atoms with van der Waals surface area (Å²) in [5.74, 6) is -0.699. The highest BCUT2D eigenvalue weighted by atomic mass is 79.9. The molecule has 0 amide bonds. The first-order valence-corrected chi connectivity index (χ1v) is 4.50. The van der Waals surface area contributed by atoms with Gasteiger partial charge in [0.05, 0.1) is 0 Å². The Kier molecular flexibility index (Phi) is 3.40. The maximum absolute atomic E-state index is 11.9. The third kappa shape index (κ3) is 3.24. The van der Waals surface area contributed by atoms with Crippen LogP contribution in [0.15, 0.2) is 15.3 Å². The number of hydrogen-bond donors (Lipinski definition) is 2. The van der Waals surface area contributed by atoms with Crippen LogP contribution in [-0.4, -0.2) is 11.3 Å². The van der Waals surface area contributed by atoms with Gasteiger partial charge in [-0.2, -0.15) is 0 Å². The number of pyridine rings is 1. The van der Waals surface area contributed by atoms with Gasteiger partial charge in [0, 0.05) is 18.3 Å². The second kappa shape index (κ2) is 4.23. The number of nitrogens with two attached hydrogens (primary N) is 1. The van der Waals surface area contributed by atoms with Crippen LogP contribution >= 0.6 is 15.9 Å². The first-order chi connectivity index (χ1) is 6.83. The molecule has 0 spiro atoms. The quantitative estimate of drug-likeness (QED) is 0.866. The summed E-state index contributed by atoms with van der Waals surface area (Å²) in [7, 11) is 0. The summed E-state index contributed by atoms with van der Waals surface area (Å²) in [5.41, 5.74) is 4.70. The third-order valence-corrected chi connectivity index (χ3v) is 2.18. The smallest absolute Gasteiger partial charge is 0.389 e. The molecule has 0 fully saturated rings. The van der Waals surface area contributed by atoms with Gasteiger partial charge in [-0.25, -0.2) is 0 Å². The van der Waals surface area contributed by atoms with Crippen molar-refractivity contribution < 1.29 is 17.9 Å². The van der Waals surface area contributed by atoms with Crippen LogP contribution in [0.1, 0.15) is 5.69 Å². The number of aromatic nitrogens is 1. The van der Waals surface area contributed by atoms with Gasteiger partial charge in [-0.3, -0.25) is 4.79 Å². The molecule has 0 atom stereocenters. The van der Waals surface area contributed by atoms with Gasteiger partial charge >= 0.3 is 6.36 Å². The van der Waals surface area contributed by atoms with E-state index in [9.17, 15) is 18.0 Å². The lowest BCUT2D eigenvalue weighted by Gasteiger charge is -2.10. The molecule has 8 heteroatoms. The average Bonchev–Trinajstić information content (AvgIpc) is 2.10. The molecule has 0 saturated heterocycles. The van der Waals surface area contributed by atoms with Crippen molar-refractivity contribution in [2.75, 3.05) is 0 Å². The lowest BCUT2D eigenvalue weighted by molar-refractivity contribution is -0.276. The highest BCUT2D eigenvalue weighted by Crippen LogP contribution is 2.25. The van der Waals surface area contributed by atoms with Crippen molar-refractivity contribution in [3.05, 3.63) is 26.5 Å². The van der Waals surface area contributed by atoms with Crippen LogP contribution in [0.4, 0.5) is 13.2 Å². The van der Waals surface area contributed by atoms with E-state index >= 15 is 0 Å². The fourth-order valence-corrected chi connectivity index (χ4v) is 1.16. The molecular formula is C7H6BrF3N2O2. The van der Waals surface area contributed by atoms with E-state index in [0.29, 0.717) is 0 Å². The van der Waals surface area contributed by atoms with Crippen molar-refractivity contribution in [2.24, 2.45) is 5.73 Å². The van der Waals surface area contributed by atoms with Gasteiger partial charge in [-0.1, -0.05) is 0 Å². The van der Waals surface area contributed by atoms with Crippen LogP contribution in [0.3, 0.4) is 0 Å². The second-order valence-electron chi connectivity index (χ2n) is 2.55. The molecule has 0 aliphatic heterocycles. The van der Waals surface area contributed by atoms with Gasteiger partial charge in [0.15, 0.2) is 5.43 Å². The predicted molar refractivity (Wildman–Crippen MR) is 49.3 cm³/mol. The van der Waals surface area contributed by atoms with Gasteiger partial charge in [0.25, 0.3) is 0 Å². The van der Waals surface area contributed by atoms with Crippen LogP contribution in [0, 0.1) is 0 Å². The minimum Gasteiger partial charge on any atom is -0.389 e. The molecule has 15 heavy (non-hydrogen) atoms. The zero-order valence-corrected chi connectivity index (χ0v) is 8.78. The number of ether oxygens (including phenoxy) is 1. The Bertz CT molecular complexity index is 416. The molecule has 3 N–H and O–H groups in total. The van der Waals surface area contributed by atoms with Crippen LogP contribution in [0.5, 0.6) is 5.88 Å². The van der Waals surface area contributed by atoms with Crippen LogP contribution in [0.25, 0.3) is 0 Å². The van der Waals surface area contributed by atoms with E-state index in [2.05, 4.69) is 25.7 Å². The van der Waals surface area contributed by atoms with Crippen molar-refractivity contribution in [3.8, 4) is 5.88 Å². The zero-order chi connectivity index (χ0) is 11.6. The molecule has 0 aliphatic carbocycles. The van der Waals surface area contributed by atoms with Crippen molar-refractivity contribution in [2.45, 2.75) is 12.9 Å². The molecule has 0 bridgehead atoms. The molecule has 1 aromatic heterocycles. The van der Waals surface area contributed by atoms with Crippen molar-refractivity contribution in [3.63, 3.8) is 0 Å². The number of halogens is 4. The van der Waals surface area contributed by atoms with E-state index in [1.54, 1.807) is 0 Å². The topological polar surface area (TPSA) is 68.1 Å². The Morgan fingerprint density at radius 1 is 1.53 bits per heavy atom. The maximum Gasteiger partial charge on any atom is 0.574 e. The van der Waals surface area contributed by atoms with Crippen LogP contribution < -0.4 is 15.9 Å². The van der Waals surface area contributed by atoms with Gasteiger partial charge in [0.1, 0.15) is 4.47 Å². The normalized spacial score (nSPS) is 11.5. The molecular weight excluding hydrogens is 281 g/mol. The summed E-state index contributed by atoms with van der Waals surface area (Å²) in [6, 6.07) is 1.09. The minimum absolute atomic E-state index is 0.0866. The first kappa shape index (κ1) is 12.1. The van der Waals surface area contributed by atoms with E-state index in [4.69, 9.17) is 5.73 Å². The van der Waals surface area contributed by atoms with E-state index < -0.39 is 17.7 Å². The predicted octanol–water partition coefficient (Wildman–Crippen LogP) is 1.49. The highest BCUT2D eigenvalue weighted by molar-refractivity contribution is 9.10. The van der Waals surface area contributed by atoms with Crippen molar-refractivity contribution in [1.82, 2.24) is 4.98 Å². The molecule has 84 valence electrons. The van der Waals surface area contributed by atoms with E-state index in [-0.39, 0.29) is 16.7 Å². The van der Waals surface area contributed by atoms with Crippen LogP contribution in [-0.2, 0) is 6.54 Å². The average molecular weight is 287 g/mol. The van der Waals surface area contributed by atoms with E-state index in [0.717, 1.165) is 6.07 Å². The van der Waals surface area contributed by atoms with Gasteiger partial charge in [0.2, 0.25) is 5.88 Å². The SMILES string of the molecule is NCc1cc(=O)c(Br)c(OC(F)(F)F)[nH]1. The van der Waals surface area contributed by atoms with E-state index in [1.807, 2.05) is 0 Å². The molecule has 1 aromatic rings. The summed E-state index contributed by atoms with van der Waals surface area (Å²) in [5, 5.41) is 0. The lowest BCUT2D eigenvalue weighted by atomic mass is 10.3. The molecule has 1 heterocycles. The lowest BCUT2D eigenvalue weighted by Crippen LogP contribution is -2.21. The maximum atomic E-state index is 11.9. The Labute approximate surface area is 90.4 Å². The summed E-state index contributed by atoms with van der Waals surface area (Å²) in [6.07, 6.45) is -4.86. The Balaban J connectivity index is 3.17. The molecule has 1 rings (SSSR count). The minimum atomic E-state index is -4.86. The summed E-state index contributed by atoms with van der Waals surface area (Å²) < 4.78 is 39.0. The first-order valence-electron chi connectivity index (χ1n) is 3.71. The number of H-pyrrole nitrogens is 1. The number of alkyl halides is 3. The van der Waals surface area contributed by atoms with Crippen molar-refractivity contribution >= 4 is 15.9 Å². The zero-order valence-electron chi connectivity index (χ0n) is 7.19. The summed E-state index contributed by atoms with van der Waals surface area (Å²) >= 11 is 2.69. The number of hydrogen-bond acceptors (Lipinski definition) is 3. The number of aromatic amines is 1. The number of nitrogens with one attached hydrogen (secondary N) is 1. The van der Waals surface area contributed by atoms with Crippen LogP contribution in [0.2, 0.25) is 0 Å². The molecule has 0 saturated carbocycles. The van der Waals surface area contributed by atoms with Gasteiger partial charge < -0.3 is 15.5 Å². The molecule has 4 nitrogen and oxygen atoms in total. The van der Waals surface area contributed by atoms with Crippen molar-refractivity contribution in [1.29, 1.82) is 0 Å². The molecule has 0 aliphatic rings. The summed E-state index contributed by atoms with van der Waals surface area (Å²) in [6.45, 7) is -0.0866. The largest absolute Gasteiger partial charge is 0.574 e.